The molecule has 1 aliphatic rings. The van der Waals surface area contributed by atoms with Crippen LogP contribution in [0, 0.1) is 5.92 Å². The molecule has 0 aromatic carbocycles. The first kappa shape index (κ1) is 17.5. The highest BCUT2D eigenvalue weighted by atomic mass is 16.3. The minimum absolute atomic E-state index is 0.00619. The maximum atomic E-state index is 12.9. The molecule has 2 rings (SSSR count). The van der Waals surface area contributed by atoms with Crippen LogP contribution in [0.2, 0.25) is 0 Å². The normalized spacial score (nSPS) is 23.8. The van der Waals surface area contributed by atoms with Gasteiger partial charge >= 0.3 is 0 Å². The van der Waals surface area contributed by atoms with Crippen LogP contribution < -0.4 is 5.32 Å². The third-order valence-corrected chi connectivity index (χ3v) is 4.64. The molecule has 0 bridgehead atoms. The van der Waals surface area contributed by atoms with E-state index in [1.165, 1.54) is 6.26 Å². The van der Waals surface area contributed by atoms with Crippen LogP contribution in [0.15, 0.2) is 22.8 Å². The Morgan fingerprint density at radius 2 is 1.87 bits per heavy atom. The predicted molar refractivity (Wildman–Crippen MR) is 88.1 cm³/mol. The number of hydrogen-bond donors (Lipinski definition) is 1. The number of furan rings is 1. The monoisotopic (exact) mass is 321 g/mol. The smallest absolute Gasteiger partial charge is 0.287 e. The average Bonchev–Trinajstić information content (AvgIpc) is 3.03. The van der Waals surface area contributed by atoms with Gasteiger partial charge in [-0.25, -0.2) is 0 Å². The lowest BCUT2D eigenvalue weighted by Crippen LogP contribution is -2.60. The van der Waals surface area contributed by atoms with Crippen molar-refractivity contribution in [3.05, 3.63) is 24.2 Å². The SMILES string of the molecule is CC(C)C(NC(=O)c1ccco1)C(=O)N1CC(C)N(C)C(C)C1. The first-order valence-electron chi connectivity index (χ1n) is 8.16. The van der Waals surface area contributed by atoms with Crippen molar-refractivity contribution < 1.29 is 14.0 Å². The maximum Gasteiger partial charge on any atom is 0.287 e. The van der Waals surface area contributed by atoms with Crippen molar-refractivity contribution in [2.45, 2.75) is 45.8 Å². The van der Waals surface area contributed by atoms with E-state index in [1.807, 2.05) is 18.7 Å². The highest BCUT2D eigenvalue weighted by molar-refractivity contribution is 5.95. The number of nitrogens with one attached hydrogen (secondary N) is 1. The molecule has 1 saturated heterocycles. The number of nitrogens with zero attached hydrogens (tertiary/aromatic N) is 2. The van der Waals surface area contributed by atoms with E-state index in [0.717, 1.165) is 0 Å². The summed E-state index contributed by atoms with van der Waals surface area (Å²) in [6.07, 6.45) is 1.45. The van der Waals surface area contributed by atoms with Crippen molar-refractivity contribution in [1.82, 2.24) is 15.1 Å². The van der Waals surface area contributed by atoms with Gasteiger partial charge in [0.25, 0.3) is 5.91 Å². The van der Waals surface area contributed by atoms with E-state index in [-0.39, 0.29) is 23.5 Å². The Kier molecular flexibility index (Phi) is 5.46. The predicted octanol–water partition coefficient (Wildman–Crippen LogP) is 1.58. The van der Waals surface area contributed by atoms with E-state index >= 15 is 0 Å². The first-order valence-corrected chi connectivity index (χ1v) is 8.16. The van der Waals surface area contributed by atoms with Crippen LogP contribution in [-0.2, 0) is 4.79 Å². The third-order valence-electron chi connectivity index (χ3n) is 4.64. The lowest BCUT2D eigenvalue weighted by Gasteiger charge is -2.43. The Bertz CT molecular complexity index is 529. The molecule has 1 N–H and O–H groups in total. The van der Waals surface area contributed by atoms with E-state index in [4.69, 9.17) is 4.42 Å². The van der Waals surface area contributed by atoms with Crippen molar-refractivity contribution >= 4 is 11.8 Å². The van der Waals surface area contributed by atoms with Gasteiger partial charge in [0.15, 0.2) is 5.76 Å². The number of rotatable bonds is 4. The summed E-state index contributed by atoms with van der Waals surface area (Å²) in [5.41, 5.74) is 0. The molecular formula is C17H27N3O3. The van der Waals surface area contributed by atoms with Crippen LogP contribution >= 0.6 is 0 Å². The van der Waals surface area contributed by atoms with Gasteiger partial charge in [0.05, 0.1) is 6.26 Å². The Hall–Kier alpha value is -1.82. The van der Waals surface area contributed by atoms with E-state index < -0.39 is 6.04 Å². The zero-order valence-electron chi connectivity index (χ0n) is 14.6. The first-order chi connectivity index (χ1) is 10.8. The van der Waals surface area contributed by atoms with Crippen LogP contribution in [0.4, 0.5) is 0 Å². The molecular weight excluding hydrogens is 294 g/mol. The fraction of sp³-hybridized carbons (Fsp3) is 0.647. The Morgan fingerprint density at radius 1 is 1.26 bits per heavy atom. The Labute approximate surface area is 137 Å². The molecule has 0 aliphatic carbocycles. The second kappa shape index (κ2) is 7.17. The van der Waals surface area contributed by atoms with Gasteiger partial charge < -0.3 is 14.6 Å². The molecule has 1 aromatic heterocycles. The number of piperazine rings is 1. The minimum atomic E-state index is -0.546. The summed E-state index contributed by atoms with van der Waals surface area (Å²) in [7, 11) is 2.08. The van der Waals surface area contributed by atoms with Crippen LogP contribution in [0.3, 0.4) is 0 Å². The van der Waals surface area contributed by atoms with Crippen LogP contribution in [0.25, 0.3) is 0 Å². The molecule has 0 radical (unpaired) electrons. The molecule has 1 fully saturated rings. The van der Waals surface area contributed by atoms with Gasteiger partial charge in [0, 0.05) is 25.2 Å². The lowest BCUT2D eigenvalue weighted by atomic mass is 10.0. The standard InChI is InChI=1S/C17H27N3O3/c1-11(2)15(18-16(21)14-7-6-8-23-14)17(22)20-9-12(3)19(5)13(4)10-20/h6-8,11-13,15H,9-10H2,1-5H3,(H,18,21). The highest BCUT2D eigenvalue weighted by Crippen LogP contribution is 2.16. The zero-order valence-corrected chi connectivity index (χ0v) is 14.6. The number of carbonyl (C=O) groups is 2. The molecule has 0 spiro atoms. The van der Waals surface area contributed by atoms with Crippen molar-refractivity contribution in [3.8, 4) is 0 Å². The van der Waals surface area contributed by atoms with Gasteiger partial charge in [-0.15, -0.1) is 0 Å². The van der Waals surface area contributed by atoms with E-state index in [1.54, 1.807) is 12.1 Å². The molecule has 3 atom stereocenters. The fourth-order valence-electron chi connectivity index (χ4n) is 2.91. The van der Waals surface area contributed by atoms with Crippen molar-refractivity contribution in [3.63, 3.8) is 0 Å². The van der Waals surface area contributed by atoms with Gasteiger partial charge in [0.1, 0.15) is 6.04 Å². The average molecular weight is 321 g/mol. The minimum Gasteiger partial charge on any atom is -0.459 e. The van der Waals surface area contributed by atoms with Gasteiger partial charge in [-0.1, -0.05) is 13.8 Å². The molecule has 128 valence electrons. The lowest BCUT2D eigenvalue weighted by molar-refractivity contribution is -0.138. The summed E-state index contributed by atoms with van der Waals surface area (Å²) in [5, 5.41) is 2.82. The van der Waals surface area contributed by atoms with E-state index in [2.05, 4.69) is 31.1 Å². The second-order valence-corrected chi connectivity index (χ2v) is 6.78. The van der Waals surface area contributed by atoms with Gasteiger partial charge in [0.2, 0.25) is 5.91 Å². The topological polar surface area (TPSA) is 65.8 Å². The maximum absolute atomic E-state index is 12.9. The largest absolute Gasteiger partial charge is 0.459 e. The van der Waals surface area contributed by atoms with Crippen molar-refractivity contribution in [2.75, 3.05) is 20.1 Å². The van der Waals surface area contributed by atoms with Crippen LogP contribution in [-0.4, -0.2) is 59.9 Å². The van der Waals surface area contributed by atoms with Crippen LogP contribution in [0.1, 0.15) is 38.2 Å². The summed E-state index contributed by atoms with van der Waals surface area (Å²) in [4.78, 5) is 29.2. The molecule has 0 saturated carbocycles. The second-order valence-electron chi connectivity index (χ2n) is 6.78. The third kappa shape index (κ3) is 3.93. The van der Waals surface area contributed by atoms with Crippen LogP contribution in [0.5, 0.6) is 0 Å². The Balaban J connectivity index is 2.08. The Morgan fingerprint density at radius 3 is 2.35 bits per heavy atom. The van der Waals surface area contributed by atoms with E-state index in [9.17, 15) is 9.59 Å². The van der Waals surface area contributed by atoms with Gasteiger partial charge in [-0.2, -0.15) is 0 Å². The molecule has 3 unspecified atom stereocenters. The zero-order chi connectivity index (χ0) is 17.1. The van der Waals surface area contributed by atoms with E-state index in [0.29, 0.717) is 25.2 Å². The van der Waals surface area contributed by atoms with Crippen molar-refractivity contribution in [1.29, 1.82) is 0 Å². The number of likely N-dealkylation sites (N-methyl/N-ethyl adjacent to an activating group) is 1. The molecule has 1 aromatic rings. The molecule has 1 aliphatic heterocycles. The summed E-state index contributed by atoms with van der Waals surface area (Å²) in [5.74, 6) is -0.140. The summed E-state index contributed by atoms with van der Waals surface area (Å²) < 4.78 is 5.11. The fourth-order valence-corrected chi connectivity index (χ4v) is 2.91. The highest BCUT2D eigenvalue weighted by Gasteiger charge is 2.35. The molecule has 2 amide bonds. The molecule has 23 heavy (non-hydrogen) atoms. The summed E-state index contributed by atoms with van der Waals surface area (Å²) in [6.45, 7) is 9.46. The number of carbonyl (C=O) groups excluding carboxylic acids is 2. The number of amides is 2. The quantitative estimate of drug-likeness (QED) is 0.914. The van der Waals surface area contributed by atoms with Crippen molar-refractivity contribution in [2.24, 2.45) is 5.92 Å². The molecule has 6 nitrogen and oxygen atoms in total. The summed E-state index contributed by atoms with van der Waals surface area (Å²) >= 11 is 0. The molecule has 6 heteroatoms. The number of hydrogen-bond acceptors (Lipinski definition) is 4. The summed E-state index contributed by atoms with van der Waals surface area (Å²) in [6, 6.07) is 3.31. The van der Waals surface area contributed by atoms with Gasteiger partial charge in [-0.3, -0.25) is 14.5 Å². The molecule has 2 heterocycles. The van der Waals surface area contributed by atoms with Gasteiger partial charge in [-0.05, 0) is 38.9 Å².